The van der Waals surface area contributed by atoms with Crippen molar-refractivity contribution in [1.82, 2.24) is 81.2 Å². The summed E-state index contributed by atoms with van der Waals surface area (Å²) in [5.41, 5.74) is 5.77. The summed E-state index contributed by atoms with van der Waals surface area (Å²) >= 11 is 0. The van der Waals surface area contributed by atoms with E-state index in [9.17, 15) is 32.8 Å². The molecule has 5 aliphatic rings. The van der Waals surface area contributed by atoms with Gasteiger partial charge in [-0.3, -0.25) is 24.1 Å². The second kappa shape index (κ2) is 45.6. The van der Waals surface area contributed by atoms with Crippen LogP contribution in [0.1, 0.15) is 192 Å². The van der Waals surface area contributed by atoms with E-state index in [0.717, 1.165) is 49.1 Å². The van der Waals surface area contributed by atoms with Gasteiger partial charge in [-0.15, -0.1) is 20.4 Å². The summed E-state index contributed by atoms with van der Waals surface area (Å²) in [5.74, 6) is -6.71. The van der Waals surface area contributed by atoms with Crippen molar-refractivity contribution in [3.8, 4) is 22.5 Å². The molecule has 4 N–H and O–H groups in total. The van der Waals surface area contributed by atoms with E-state index < -0.39 is 40.9 Å². The van der Waals surface area contributed by atoms with Gasteiger partial charge in [-0.25, -0.2) is 23.5 Å². The first kappa shape index (κ1) is 97.0. The molecule has 4 aliphatic carbocycles. The van der Waals surface area contributed by atoms with Crippen LogP contribution in [0.3, 0.4) is 0 Å². The highest BCUT2D eigenvalue weighted by Gasteiger charge is 2.51. The normalized spacial score (nSPS) is 18.6. The van der Waals surface area contributed by atoms with Crippen molar-refractivity contribution in [2.75, 3.05) is 152 Å². The first-order valence-electron chi connectivity index (χ1n) is 41.7. The second-order valence-electron chi connectivity index (χ2n) is 34.4. The zero-order chi connectivity index (χ0) is 87.4. The molecule has 668 valence electrons. The Hall–Kier alpha value is -8.49. The van der Waals surface area contributed by atoms with E-state index in [2.05, 4.69) is 109 Å². The Morgan fingerprint density at radius 3 is 1.58 bits per heavy atom. The van der Waals surface area contributed by atoms with E-state index in [0.29, 0.717) is 170 Å². The summed E-state index contributed by atoms with van der Waals surface area (Å²) < 4.78 is 119. The van der Waals surface area contributed by atoms with Crippen molar-refractivity contribution in [2.45, 2.75) is 213 Å². The van der Waals surface area contributed by atoms with Gasteiger partial charge in [-0.05, 0) is 177 Å². The van der Waals surface area contributed by atoms with Crippen molar-refractivity contribution in [2.24, 2.45) is 23.7 Å². The number of para-hydroxylation sites is 1. The number of alkyl halides is 4. The lowest BCUT2D eigenvalue weighted by atomic mass is 9.85. The Balaban J connectivity index is 0.000000200. The molecule has 1 aliphatic heterocycles. The molecule has 32 nitrogen and oxygen atoms in total. The van der Waals surface area contributed by atoms with Crippen molar-refractivity contribution >= 4 is 35.4 Å². The molecule has 6 aromatic rings. The van der Waals surface area contributed by atoms with Crippen molar-refractivity contribution in [1.29, 1.82) is 0 Å². The SMILES string of the molecule is COCCOCCC(=O)NCN1C(=O)c2ccccc2-c2nnn(C(C)(C)C)c2-c2ccccc21.COCCOCCNC(=O)CC1CCCCc2c(nnn2C(C)(C)C)C1(F)F.COCCOCCNC(=O)COC1CCc2c(nnn2C(C)(C)C)C(F)(F)CC1.COCCOCCNC(=O)OCC1C2CCc3nnn(C(C)(C)C)c3CCC21. The van der Waals surface area contributed by atoms with Crippen molar-refractivity contribution < 1.29 is 88.9 Å². The first-order chi connectivity index (χ1) is 57.1. The van der Waals surface area contributed by atoms with Crippen LogP contribution in [0.15, 0.2) is 48.5 Å². The number of hydrogen-bond donors (Lipinski definition) is 4. The number of methoxy groups -OCH3 is 4. The average Bonchev–Trinajstić information content (AvgIpc) is 1.74. The molecule has 5 atom stereocenters. The van der Waals surface area contributed by atoms with Crippen LogP contribution < -0.4 is 26.2 Å². The molecule has 120 heavy (non-hydrogen) atoms. The van der Waals surface area contributed by atoms with Gasteiger partial charge in [-0.1, -0.05) is 63.7 Å². The Kier molecular flexibility index (Phi) is 36.8. The number of hydrogen-bond acceptors (Lipinski definition) is 23. The Bertz CT molecular complexity index is 4200. The largest absolute Gasteiger partial charge is 0.449 e. The number of benzene rings is 2. The molecule has 36 heteroatoms. The maximum atomic E-state index is 15.3. The number of alkyl carbamates (subject to hydrolysis) is 1. The zero-order valence-corrected chi connectivity index (χ0v) is 73.1. The van der Waals surface area contributed by atoms with Crippen LogP contribution in [0.4, 0.5) is 28.0 Å². The van der Waals surface area contributed by atoms with Crippen LogP contribution in [-0.2, 0) is 121 Å². The molecule has 0 spiro atoms. The highest BCUT2D eigenvalue weighted by molar-refractivity contribution is 6.14. The summed E-state index contributed by atoms with van der Waals surface area (Å²) in [5, 5.41) is 44.3. The molecular formula is C84H129F4N17O15. The van der Waals surface area contributed by atoms with Crippen molar-refractivity contribution in [3.63, 3.8) is 0 Å². The van der Waals surface area contributed by atoms with Crippen LogP contribution in [0.25, 0.3) is 22.5 Å². The standard InChI is InChI=1S/C26H31N5O4.C20H34N4O4.C19H32F2N4O4.C19H32F2N4O3/c1-26(2,3)31-24-20-11-7-8-12-21(20)30(17-27-22(32)13-14-35-16-15-34-4)25(33)19-10-6-5-9-18(19)23(24)28-29-31;1-20(2,3)24-18-8-6-15-14(5-7-17(18)22-23-24)16(15)13-28-19(25)21-9-10-27-12-11-26-4;1-18(2,3)25-15-6-5-14(7-8-19(20,21)17(15)23-24-25)29-13-16(26)22-9-10-28-12-11-27-4;1-18(2,3)25-15-8-6-5-7-14(19(20,21)17(15)23-24-25)13-16(26)22-9-10-28-12-11-27-4/h5-12H,13-17H2,1-4H3,(H,27,32);14-16H,5-13H2,1-4H3,(H,21,25);14H,5-13H2,1-4H3,(H,22,26);14H,5-13H2,1-4H3,(H,22,26). The van der Waals surface area contributed by atoms with Gasteiger partial charge >= 0.3 is 6.09 Å². The molecule has 5 heterocycles. The van der Waals surface area contributed by atoms with E-state index >= 15 is 8.78 Å². The number of ether oxygens (including phenoxy) is 10. The molecule has 2 aromatic carbocycles. The van der Waals surface area contributed by atoms with Gasteiger partial charge in [0.1, 0.15) is 12.3 Å². The van der Waals surface area contributed by atoms with E-state index in [1.807, 2.05) is 88.7 Å². The highest BCUT2D eigenvalue weighted by Crippen LogP contribution is 2.53. The molecule has 0 saturated heterocycles. The quantitative estimate of drug-likeness (QED) is 0.0220. The summed E-state index contributed by atoms with van der Waals surface area (Å²) in [7, 11) is 6.39. The predicted octanol–water partition coefficient (Wildman–Crippen LogP) is 10.3. The van der Waals surface area contributed by atoms with Gasteiger partial charge in [0.15, 0.2) is 11.4 Å². The fraction of sp³-hybridized carbons (Fsp3) is 0.702. The molecule has 11 rings (SSSR count). The number of carbonyl (C=O) groups is 5. The first-order valence-corrected chi connectivity index (χ1v) is 41.7. The molecule has 4 aromatic heterocycles. The van der Waals surface area contributed by atoms with E-state index in [-0.39, 0.29) is 105 Å². The molecule has 0 radical (unpaired) electrons. The smallest absolute Gasteiger partial charge is 0.407 e. The lowest BCUT2D eigenvalue weighted by Gasteiger charge is -2.30. The lowest BCUT2D eigenvalue weighted by Crippen LogP contribution is -2.42. The summed E-state index contributed by atoms with van der Waals surface area (Å²) in [6.07, 6.45) is 6.23. The van der Waals surface area contributed by atoms with E-state index in [1.54, 1.807) is 48.8 Å². The maximum Gasteiger partial charge on any atom is 0.407 e. The van der Waals surface area contributed by atoms with Crippen LogP contribution >= 0.6 is 0 Å². The minimum absolute atomic E-state index is 0.0213. The number of amides is 5. The molecule has 1 fully saturated rings. The van der Waals surface area contributed by atoms with Gasteiger partial charge in [0.25, 0.3) is 17.8 Å². The minimum Gasteiger partial charge on any atom is -0.449 e. The van der Waals surface area contributed by atoms with Crippen molar-refractivity contribution in [3.05, 3.63) is 88.3 Å². The van der Waals surface area contributed by atoms with Crippen LogP contribution in [-0.4, -0.2) is 243 Å². The third kappa shape index (κ3) is 27.8. The number of aromatic nitrogens is 12. The number of aryl methyl sites for hydroxylation is 1. The predicted molar refractivity (Wildman–Crippen MR) is 439 cm³/mol. The van der Waals surface area contributed by atoms with E-state index in [4.69, 9.17) is 47.4 Å². The minimum atomic E-state index is -3.19. The number of nitrogens with one attached hydrogen (secondary N) is 4. The van der Waals surface area contributed by atoms with Crippen LogP contribution in [0, 0.1) is 23.7 Å². The summed E-state index contributed by atoms with van der Waals surface area (Å²) in [6, 6.07) is 15.0. The number of rotatable bonds is 33. The maximum absolute atomic E-state index is 15.3. The molecule has 5 unspecified atom stereocenters. The van der Waals surface area contributed by atoms with Gasteiger partial charge in [0.2, 0.25) is 17.7 Å². The summed E-state index contributed by atoms with van der Waals surface area (Å²) in [4.78, 5) is 63.9. The Morgan fingerprint density at radius 1 is 0.492 bits per heavy atom. The number of carbonyl (C=O) groups excluding carboxylic acids is 5. The van der Waals surface area contributed by atoms with Gasteiger partial charge in [-0.2, -0.15) is 17.6 Å². The average molecular weight is 1690 g/mol. The number of anilines is 1. The monoisotopic (exact) mass is 1690 g/mol. The number of halogens is 4. The zero-order valence-electron chi connectivity index (χ0n) is 73.1. The Morgan fingerprint density at radius 2 is 0.992 bits per heavy atom. The highest BCUT2D eigenvalue weighted by atomic mass is 19.3. The molecule has 1 saturated carbocycles. The topological polar surface area (TPSA) is 352 Å². The summed E-state index contributed by atoms with van der Waals surface area (Å²) in [6.45, 7) is 30.8. The third-order valence-corrected chi connectivity index (χ3v) is 21.1. The number of nitrogens with zero attached hydrogens (tertiary/aromatic N) is 13. The fourth-order valence-electron chi connectivity index (χ4n) is 14.9. The van der Waals surface area contributed by atoms with E-state index in [1.165, 1.54) is 5.69 Å². The van der Waals surface area contributed by atoms with Gasteiger partial charge in [0.05, 0.1) is 161 Å². The van der Waals surface area contributed by atoms with Crippen LogP contribution in [0.5, 0.6) is 0 Å². The fourth-order valence-corrected chi connectivity index (χ4v) is 14.9. The number of fused-ring (bicyclic) bond motifs is 9. The van der Waals surface area contributed by atoms with Gasteiger partial charge in [0, 0.05) is 83.5 Å². The molecular weight excluding hydrogens is 1560 g/mol. The van der Waals surface area contributed by atoms with Gasteiger partial charge < -0.3 is 68.6 Å². The Labute approximate surface area is 702 Å². The second-order valence-corrected chi connectivity index (χ2v) is 34.4. The molecule has 5 amide bonds. The third-order valence-electron chi connectivity index (χ3n) is 21.1. The lowest BCUT2D eigenvalue weighted by molar-refractivity contribution is -0.130. The molecule has 0 bridgehead atoms. The van der Waals surface area contributed by atoms with Crippen LogP contribution in [0.2, 0.25) is 0 Å².